The summed E-state index contributed by atoms with van der Waals surface area (Å²) in [5, 5.41) is 3.45. The molecule has 1 aliphatic heterocycles. The van der Waals surface area contributed by atoms with Crippen molar-refractivity contribution in [2.45, 2.75) is 83.4 Å². The van der Waals surface area contributed by atoms with Crippen LogP contribution in [0.3, 0.4) is 0 Å². The number of nitrogens with zero attached hydrogens (tertiary/aromatic N) is 3. The van der Waals surface area contributed by atoms with Crippen molar-refractivity contribution in [1.82, 2.24) is 14.8 Å². The molecule has 1 N–H and O–H groups in total. The molecule has 1 aromatic heterocycles. The number of carbonyl (C=O) groups is 2. The molecule has 1 saturated carbocycles. The van der Waals surface area contributed by atoms with E-state index >= 15 is 0 Å². The number of nitrogens with one attached hydrogen (secondary N) is 1. The van der Waals surface area contributed by atoms with E-state index in [1.807, 2.05) is 25.7 Å². The number of carbonyl (C=O) groups excluding carboxylic acids is 2. The first kappa shape index (κ1) is 22.2. The van der Waals surface area contributed by atoms with Crippen molar-refractivity contribution in [1.29, 1.82) is 0 Å². The average Bonchev–Trinajstić information content (AvgIpc) is 3.06. The van der Waals surface area contributed by atoms with Crippen LogP contribution < -0.4 is 5.32 Å². The highest BCUT2D eigenvalue weighted by atomic mass is 35.5. The zero-order chi connectivity index (χ0) is 21.0. The average molecular weight is 443 g/mol. The van der Waals surface area contributed by atoms with Crippen LogP contribution in [-0.2, 0) is 4.74 Å². The molecule has 0 radical (unpaired) electrons. The molecule has 162 valence electrons. The molecule has 0 spiro atoms. The highest BCUT2D eigenvalue weighted by molar-refractivity contribution is 7.19. The van der Waals surface area contributed by atoms with E-state index in [0.717, 1.165) is 38.5 Å². The molecule has 0 unspecified atom stereocenters. The number of ether oxygens (including phenoxy) is 1. The molecular weight excluding hydrogens is 412 g/mol. The second kappa shape index (κ2) is 9.51. The summed E-state index contributed by atoms with van der Waals surface area (Å²) in [5.41, 5.74) is -0.503. The first-order valence-electron chi connectivity index (χ1n) is 10.4. The number of piperidine rings is 1. The Labute approximate surface area is 181 Å². The largest absolute Gasteiger partial charge is 0.444 e. The summed E-state index contributed by atoms with van der Waals surface area (Å²) in [7, 11) is 0. The number of likely N-dealkylation sites (tertiary alicyclic amines) is 1. The van der Waals surface area contributed by atoms with Gasteiger partial charge in [0, 0.05) is 25.2 Å². The Bertz CT molecular complexity index is 707. The second-order valence-electron chi connectivity index (χ2n) is 8.80. The zero-order valence-corrected chi connectivity index (χ0v) is 19.0. The van der Waals surface area contributed by atoms with E-state index < -0.39 is 5.60 Å². The lowest BCUT2D eigenvalue weighted by atomic mass is 9.91. The molecule has 2 heterocycles. The van der Waals surface area contributed by atoms with E-state index in [4.69, 9.17) is 16.3 Å². The van der Waals surface area contributed by atoms with E-state index in [2.05, 4.69) is 10.3 Å². The van der Waals surface area contributed by atoms with Crippen LogP contribution >= 0.6 is 22.9 Å². The van der Waals surface area contributed by atoms with Crippen LogP contribution in [0.4, 0.5) is 14.7 Å². The molecule has 7 nitrogen and oxygen atoms in total. The van der Waals surface area contributed by atoms with Gasteiger partial charge in [-0.2, -0.15) is 0 Å². The maximum absolute atomic E-state index is 13.2. The maximum Gasteiger partial charge on any atom is 0.410 e. The first-order chi connectivity index (χ1) is 13.7. The van der Waals surface area contributed by atoms with Gasteiger partial charge in [-0.05, 0) is 46.5 Å². The Balaban J connectivity index is 1.65. The maximum atomic E-state index is 13.2. The van der Waals surface area contributed by atoms with E-state index in [1.54, 1.807) is 11.1 Å². The van der Waals surface area contributed by atoms with E-state index in [0.29, 0.717) is 22.6 Å². The minimum absolute atomic E-state index is 0.104. The molecule has 0 atom stereocenters. The molecular formula is C20H31ClN4O3S. The highest BCUT2D eigenvalue weighted by Gasteiger charge is 2.36. The fourth-order valence-corrected chi connectivity index (χ4v) is 4.91. The Morgan fingerprint density at radius 2 is 1.79 bits per heavy atom. The number of amides is 3. The Kier molecular flexibility index (Phi) is 7.27. The van der Waals surface area contributed by atoms with Gasteiger partial charge in [-0.25, -0.2) is 14.6 Å². The highest BCUT2D eigenvalue weighted by Crippen LogP contribution is 2.30. The molecule has 3 amide bonds. The summed E-state index contributed by atoms with van der Waals surface area (Å²) in [5.74, 6) is 0. The fourth-order valence-electron chi connectivity index (χ4n) is 4.11. The quantitative estimate of drug-likeness (QED) is 0.683. The van der Waals surface area contributed by atoms with Gasteiger partial charge >= 0.3 is 12.1 Å². The molecule has 1 saturated heterocycles. The molecule has 29 heavy (non-hydrogen) atoms. The Hall–Kier alpha value is -1.54. The predicted octanol–water partition coefficient (Wildman–Crippen LogP) is 5.36. The summed E-state index contributed by atoms with van der Waals surface area (Å²) in [4.78, 5) is 33.4. The van der Waals surface area contributed by atoms with Gasteiger partial charge in [0.25, 0.3) is 0 Å². The number of anilines is 1. The van der Waals surface area contributed by atoms with E-state index in [-0.39, 0.29) is 24.2 Å². The van der Waals surface area contributed by atoms with E-state index in [9.17, 15) is 9.59 Å². The third-order valence-electron chi connectivity index (χ3n) is 5.40. The van der Waals surface area contributed by atoms with Crippen molar-refractivity contribution in [3.63, 3.8) is 0 Å². The van der Waals surface area contributed by atoms with Crippen molar-refractivity contribution >= 4 is 40.2 Å². The summed E-state index contributed by atoms with van der Waals surface area (Å²) in [6.45, 7) is 6.81. The number of rotatable bonds is 3. The van der Waals surface area contributed by atoms with E-state index in [1.165, 1.54) is 17.8 Å². The van der Waals surface area contributed by atoms with Crippen LogP contribution in [0.25, 0.3) is 0 Å². The van der Waals surface area contributed by atoms with Crippen molar-refractivity contribution in [3.05, 3.63) is 10.5 Å². The van der Waals surface area contributed by atoms with Crippen LogP contribution in [0.2, 0.25) is 4.34 Å². The van der Waals surface area contributed by atoms with Gasteiger partial charge in [-0.15, -0.1) is 0 Å². The third kappa shape index (κ3) is 6.22. The molecule has 0 bridgehead atoms. The molecule has 3 rings (SSSR count). The molecule has 1 aliphatic carbocycles. The number of urea groups is 1. The lowest BCUT2D eigenvalue weighted by molar-refractivity contribution is 0.0141. The predicted molar refractivity (Wildman–Crippen MR) is 116 cm³/mol. The summed E-state index contributed by atoms with van der Waals surface area (Å²) in [6, 6.07) is 0.225. The number of thiazole rings is 1. The van der Waals surface area contributed by atoms with Crippen molar-refractivity contribution < 1.29 is 14.3 Å². The minimum Gasteiger partial charge on any atom is -0.444 e. The Morgan fingerprint density at radius 3 is 2.34 bits per heavy atom. The fraction of sp³-hybridized carbons (Fsp3) is 0.750. The molecule has 0 aromatic carbocycles. The summed E-state index contributed by atoms with van der Waals surface area (Å²) >= 11 is 7.22. The van der Waals surface area contributed by atoms with Crippen LogP contribution in [0.5, 0.6) is 0 Å². The molecule has 1 aromatic rings. The Morgan fingerprint density at radius 1 is 1.17 bits per heavy atom. The molecule has 9 heteroatoms. The monoisotopic (exact) mass is 442 g/mol. The summed E-state index contributed by atoms with van der Waals surface area (Å²) < 4.78 is 6.04. The lowest BCUT2D eigenvalue weighted by Crippen LogP contribution is -2.54. The van der Waals surface area contributed by atoms with Gasteiger partial charge in [0.2, 0.25) is 0 Å². The van der Waals surface area contributed by atoms with Crippen LogP contribution in [0.1, 0.15) is 65.7 Å². The minimum atomic E-state index is -0.503. The lowest BCUT2D eigenvalue weighted by Gasteiger charge is -2.43. The van der Waals surface area contributed by atoms with Crippen molar-refractivity contribution in [2.75, 3.05) is 18.4 Å². The van der Waals surface area contributed by atoms with Gasteiger partial charge in [0.1, 0.15) is 9.94 Å². The standard InChI is InChI=1S/C20H31ClN4O3S/c1-20(2,3)28-19(27)24-11-9-15(10-12-24)25(14-7-5-4-6-8-14)18(26)23-17-22-13-16(21)29-17/h13-15H,4-12H2,1-3H3,(H,22,23,26). The molecule has 2 aliphatic rings. The van der Waals surface area contributed by atoms with Crippen LogP contribution in [-0.4, -0.2) is 57.7 Å². The topological polar surface area (TPSA) is 74.8 Å². The van der Waals surface area contributed by atoms with Gasteiger partial charge < -0.3 is 14.5 Å². The van der Waals surface area contributed by atoms with Crippen LogP contribution in [0.15, 0.2) is 6.20 Å². The van der Waals surface area contributed by atoms with Crippen LogP contribution in [0, 0.1) is 0 Å². The van der Waals surface area contributed by atoms with Gasteiger partial charge in [0.15, 0.2) is 5.13 Å². The first-order valence-corrected chi connectivity index (χ1v) is 11.6. The van der Waals surface area contributed by atoms with Crippen molar-refractivity contribution in [2.24, 2.45) is 0 Å². The number of hydrogen-bond donors (Lipinski definition) is 1. The smallest absolute Gasteiger partial charge is 0.410 e. The second-order valence-corrected chi connectivity index (χ2v) is 10.5. The third-order valence-corrected chi connectivity index (χ3v) is 6.43. The SMILES string of the molecule is CC(C)(C)OC(=O)N1CCC(N(C(=O)Nc2ncc(Cl)s2)C2CCCCC2)CC1. The summed E-state index contributed by atoms with van der Waals surface area (Å²) in [6.07, 6.45) is 8.35. The molecule has 2 fully saturated rings. The number of aromatic nitrogens is 1. The zero-order valence-electron chi connectivity index (χ0n) is 17.4. The number of halogens is 1. The van der Waals surface area contributed by atoms with Gasteiger partial charge in [-0.3, -0.25) is 5.32 Å². The van der Waals surface area contributed by atoms with Gasteiger partial charge in [0.05, 0.1) is 6.20 Å². The van der Waals surface area contributed by atoms with Crippen molar-refractivity contribution in [3.8, 4) is 0 Å². The normalized spacial score (nSPS) is 19.1. The van der Waals surface area contributed by atoms with Gasteiger partial charge in [-0.1, -0.05) is 42.2 Å². The number of hydrogen-bond acceptors (Lipinski definition) is 5.